The van der Waals surface area contributed by atoms with Crippen molar-refractivity contribution in [2.75, 3.05) is 19.5 Å². The van der Waals surface area contributed by atoms with Crippen LogP contribution in [0.25, 0.3) is 27.8 Å². The van der Waals surface area contributed by atoms with E-state index in [9.17, 15) is 31.7 Å². The van der Waals surface area contributed by atoms with Gasteiger partial charge in [-0.3, -0.25) is 18.3 Å². The number of nitrogens with zero attached hydrogens (tertiary/aromatic N) is 6. The minimum atomic E-state index is -3.49. The zero-order valence-electron chi connectivity index (χ0n) is 28.1. The average molecular weight is 732 g/mol. The number of carbonyl (C=O) groups excluding carboxylic acids is 1. The van der Waals surface area contributed by atoms with Gasteiger partial charge in [-0.25, -0.2) is 18.7 Å². The van der Waals surface area contributed by atoms with Crippen molar-refractivity contribution in [3.63, 3.8) is 0 Å². The molecule has 0 bridgehead atoms. The smallest absolute Gasteiger partial charge is 0.337 e. The average Bonchev–Trinajstić information content (AvgIpc) is 3.55. The van der Waals surface area contributed by atoms with Crippen LogP contribution in [0.15, 0.2) is 99.5 Å². The van der Waals surface area contributed by atoms with Crippen molar-refractivity contribution >= 4 is 32.9 Å². The number of rotatable bonds is 10. The summed E-state index contributed by atoms with van der Waals surface area (Å²) in [4.78, 5) is 51.0. The fraction of sp³-hybridized carbons (Fsp3) is 0.306. The number of aryl methyl sites for hydroxylation is 1. The fourth-order valence-corrected chi connectivity index (χ4v) is 7.20. The Balaban J connectivity index is 1.11. The summed E-state index contributed by atoms with van der Waals surface area (Å²) in [5.74, 6) is -0.638. The number of nitrogens with one attached hydrogen (secondary N) is 1. The molecule has 1 saturated carbocycles. The molecule has 1 amide bonds. The standard InChI is InChI=1S/C36H35F2N7O6S/c1-52(49,50)51-17-3-4-23-7-9-24(10-8-23)25-5-2-6-29(18-25)44-33-30(19-26(37)20-39-33)35(47)45(36(44)48)28-13-11-27(12-14-28)40-34(46)31-21-42-22-43(38)16-15-32(42)41-31/h2,5-10,15-16,18-21,27-28H,3-4,11-14,17,22H2,1H3,(H,40,46)/q+1. The molecule has 1 N–H and O–H groups in total. The molecule has 52 heavy (non-hydrogen) atoms. The molecule has 4 heterocycles. The number of carbonyl (C=O) groups is 1. The molecule has 2 aromatic carbocycles. The van der Waals surface area contributed by atoms with Gasteiger partial charge in [0.25, 0.3) is 27.4 Å². The second kappa shape index (κ2) is 14.4. The third kappa shape index (κ3) is 7.49. The van der Waals surface area contributed by atoms with Crippen molar-refractivity contribution in [3.05, 3.63) is 117 Å². The first-order valence-electron chi connectivity index (χ1n) is 16.8. The van der Waals surface area contributed by atoms with E-state index in [2.05, 4.69) is 15.3 Å². The van der Waals surface area contributed by atoms with E-state index in [4.69, 9.17) is 4.18 Å². The molecule has 1 aliphatic carbocycles. The van der Waals surface area contributed by atoms with Crippen LogP contribution in [0.5, 0.6) is 0 Å². The monoisotopic (exact) mass is 731 g/mol. The predicted octanol–water partition coefficient (Wildman–Crippen LogP) is 3.93. The number of pyridine rings is 1. The number of benzene rings is 2. The summed E-state index contributed by atoms with van der Waals surface area (Å²) in [6, 6.07) is 15.3. The summed E-state index contributed by atoms with van der Waals surface area (Å²) in [5, 5.41) is 3.42. The molecule has 1 fully saturated rings. The minimum Gasteiger partial charge on any atom is -0.348 e. The molecule has 16 heteroatoms. The van der Waals surface area contributed by atoms with Gasteiger partial charge in [-0.2, -0.15) is 18.5 Å². The number of amides is 1. The van der Waals surface area contributed by atoms with Crippen molar-refractivity contribution < 1.29 is 26.3 Å². The van der Waals surface area contributed by atoms with Crippen molar-refractivity contribution in [1.29, 1.82) is 0 Å². The first-order chi connectivity index (χ1) is 24.9. The molecule has 2 aromatic heterocycles. The third-order valence-corrected chi connectivity index (χ3v) is 9.90. The first-order valence-corrected chi connectivity index (χ1v) is 18.6. The van der Waals surface area contributed by atoms with Crippen molar-refractivity contribution in [3.8, 4) is 16.8 Å². The molecule has 4 aromatic rings. The van der Waals surface area contributed by atoms with E-state index in [0.717, 1.165) is 35.2 Å². The van der Waals surface area contributed by atoms with Crippen LogP contribution in [0.3, 0.4) is 0 Å². The maximum absolute atomic E-state index is 14.5. The van der Waals surface area contributed by atoms with Gasteiger partial charge in [0.2, 0.25) is 6.67 Å². The predicted molar refractivity (Wildman–Crippen MR) is 190 cm³/mol. The number of fused-ring (bicyclic) bond motifs is 2. The van der Waals surface area contributed by atoms with E-state index in [1.165, 1.54) is 32.5 Å². The van der Waals surface area contributed by atoms with Crippen molar-refractivity contribution in [2.24, 2.45) is 4.99 Å². The molecule has 0 atom stereocenters. The highest BCUT2D eigenvalue weighted by Crippen LogP contribution is 2.29. The molecule has 0 unspecified atom stereocenters. The zero-order valence-corrected chi connectivity index (χ0v) is 28.9. The van der Waals surface area contributed by atoms with Crippen LogP contribution in [0.2, 0.25) is 0 Å². The van der Waals surface area contributed by atoms with Crippen LogP contribution in [-0.4, -0.2) is 65.0 Å². The summed E-state index contributed by atoms with van der Waals surface area (Å²) in [6.45, 7) is 0.0260. The van der Waals surface area contributed by atoms with E-state index in [1.54, 1.807) is 18.2 Å². The van der Waals surface area contributed by atoms with E-state index in [0.29, 0.717) is 55.2 Å². The lowest BCUT2D eigenvalue weighted by Gasteiger charge is -2.30. The molecule has 13 nitrogen and oxygen atoms in total. The molecule has 0 spiro atoms. The Bertz CT molecular complexity index is 2370. The number of halogens is 2. The fourth-order valence-electron chi connectivity index (χ4n) is 6.78. The number of aliphatic imine (C=N–C) groups is 1. The lowest BCUT2D eigenvalue weighted by Crippen LogP contribution is -2.45. The van der Waals surface area contributed by atoms with Gasteiger partial charge in [0.05, 0.1) is 30.1 Å². The summed E-state index contributed by atoms with van der Waals surface area (Å²) >= 11 is 0. The van der Waals surface area contributed by atoms with Gasteiger partial charge < -0.3 is 5.32 Å². The van der Waals surface area contributed by atoms with Gasteiger partial charge in [-0.05, 0) is 73.4 Å². The van der Waals surface area contributed by atoms with Crippen molar-refractivity contribution in [1.82, 2.24) is 29.5 Å². The molecule has 3 aliphatic rings. The highest BCUT2D eigenvalue weighted by Gasteiger charge is 2.36. The maximum Gasteiger partial charge on any atom is 0.337 e. The molecule has 7 rings (SSSR count). The molecular weight excluding hydrogens is 697 g/mol. The second-order valence-corrected chi connectivity index (χ2v) is 14.6. The quantitative estimate of drug-likeness (QED) is 0.112. The van der Waals surface area contributed by atoms with Crippen LogP contribution >= 0.6 is 0 Å². The highest BCUT2D eigenvalue weighted by atomic mass is 32.2. The van der Waals surface area contributed by atoms with Crippen LogP contribution in [0.1, 0.15) is 43.7 Å². The van der Waals surface area contributed by atoms with Gasteiger partial charge in [0, 0.05) is 24.4 Å². The maximum atomic E-state index is 14.5. The lowest BCUT2D eigenvalue weighted by atomic mass is 9.90. The van der Waals surface area contributed by atoms with E-state index in [-0.39, 0.29) is 36.0 Å². The van der Waals surface area contributed by atoms with Gasteiger partial charge in [0.15, 0.2) is 17.5 Å². The summed E-state index contributed by atoms with van der Waals surface area (Å²) < 4.78 is 57.8. The SMILES string of the molecule is CS(=O)(=O)OCCCc1ccc(-c2cccc(-n3c(=O)n(C4CCC(NC(=O)C5=C[N+]6CN(F)C=CC6=N5)CC4)c(=O)c4cc(F)cnc43)c2)cc1. The van der Waals surface area contributed by atoms with Crippen LogP contribution < -0.4 is 21.5 Å². The number of hydrogen-bond donors (Lipinski definition) is 1. The normalized spacial score (nSPS) is 19.0. The summed E-state index contributed by atoms with van der Waals surface area (Å²) in [7, 11) is -3.49. The molecule has 1 radical (unpaired) electrons. The van der Waals surface area contributed by atoms with E-state index >= 15 is 0 Å². The first kappa shape index (κ1) is 35.1. The largest absolute Gasteiger partial charge is 0.348 e. The summed E-state index contributed by atoms with van der Waals surface area (Å²) in [6.07, 6.45) is 9.10. The number of hydrogen-bond acceptors (Lipinski definition) is 10. The van der Waals surface area contributed by atoms with Gasteiger partial charge >= 0.3 is 5.69 Å². The van der Waals surface area contributed by atoms with E-state index in [1.807, 2.05) is 30.3 Å². The molecular formula is C36H35F2N7O6S+. The van der Waals surface area contributed by atoms with Crippen LogP contribution in [-0.2, 0) is 25.5 Å². The Labute approximate surface area is 297 Å². The van der Waals surface area contributed by atoms with Crippen LogP contribution in [0, 0.1) is 5.82 Å². The number of aromatic nitrogens is 3. The molecule has 269 valence electrons. The Hall–Kier alpha value is -5.32. The Morgan fingerprint density at radius 3 is 2.58 bits per heavy atom. The topological polar surface area (TPSA) is 151 Å². The van der Waals surface area contributed by atoms with Gasteiger partial charge in [-0.1, -0.05) is 45.8 Å². The van der Waals surface area contributed by atoms with Crippen molar-refractivity contribution in [2.45, 2.75) is 50.6 Å². The molecule has 2 aliphatic heterocycles. The lowest BCUT2D eigenvalue weighted by molar-refractivity contribution is -0.118. The minimum absolute atomic E-state index is 0.0331. The Morgan fingerprint density at radius 2 is 1.83 bits per heavy atom. The number of amidine groups is 1. The van der Waals surface area contributed by atoms with Gasteiger partial charge in [-0.15, -0.1) is 0 Å². The third-order valence-electron chi connectivity index (χ3n) is 9.30. The van der Waals surface area contributed by atoms with Crippen LogP contribution in [0.4, 0.5) is 8.87 Å². The second-order valence-electron chi connectivity index (χ2n) is 13.0. The highest BCUT2D eigenvalue weighted by molar-refractivity contribution is 7.85. The Morgan fingerprint density at radius 1 is 1.06 bits per heavy atom. The molecule has 0 saturated heterocycles. The Kier molecular flexibility index (Phi) is 9.69. The van der Waals surface area contributed by atoms with Gasteiger partial charge in [0.1, 0.15) is 5.82 Å². The van der Waals surface area contributed by atoms with E-state index < -0.39 is 39.1 Å². The summed E-state index contributed by atoms with van der Waals surface area (Å²) in [5.41, 5.74) is 2.05. The zero-order chi connectivity index (χ0) is 36.6.